The number of benzene rings is 1. The normalized spacial score (nSPS) is 25.0. The van der Waals surface area contributed by atoms with Crippen LogP contribution in [0.25, 0.3) is 16.5 Å². The molecule has 7 rings (SSSR count). The molecule has 4 bridgehead atoms. The third-order valence-corrected chi connectivity index (χ3v) is 13.0. The number of carbonyl (C=O) groups is 4. The minimum absolute atomic E-state index is 0.0485. The number of methoxy groups -OCH3 is 1. The molecule has 2 aromatic rings. The van der Waals surface area contributed by atoms with Crippen molar-refractivity contribution in [1.29, 1.82) is 0 Å². The molecule has 0 spiro atoms. The van der Waals surface area contributed by atoms with Gasteiger partial charge in [0.1, 0.15) is 21.7 Å². The number of ether oxygens (including phenoxy) is 3. The third kappa shape index (κ3) is 9.20. The van der Waals surface area contributed by atoms with Crippen molar-refractivity contribution in [2.75, 3.05) is 13.7 Å². The van der Waals surface area contributed by atoms with E-state index in [2.05, 4.69) is 17.4 Å². The van der Waals surface area contributed by atoms with E-state index < -0.39 is 36.0 Å². The van der Waals surface area contributed by atoms with Crippen LogP contribution >= 0.6 is 35.3 Å². The molecule has 5 fully saturated rings. The molecule has 3 N–H and O–H groups in total. The van der Waals surface area contributed by atoms with Gasteiger partial charge in [-0.3, -0.25) is 14.5 Å². The number of carbonyl (C=O) groups excluding carboxylic acids is 4. The smallest absolute Gasteiger partial charge is 0.408 e. The average Bonchev–Trinajstić information content (AvgIpc) is 3.59. The van der Waals surface area contributed by atoms with Crippen LogP contribution in [-0.2, 0) is 30.3 Å². The molecule has 1 aromatic heterocycles. The first-order valence-corrected chi connectivity index (χ1v) is 20.3. The number of unbranched alkanes of at least 4 members (excludes halogenated alkanes) is 2. The molecule has 0 unspecified atom stereocenters. The maximum absolute atomic E-state index is 14.1. The molecule has 13 heteroatoms. The average molecular weight is 768 g/mol. The van der Waals surface area contributed by atoms with E-state index in [1.54, 1.807) is 39.2 Å². The monoisotopic (exact) mass is 767 g/mol. The van der Waals surface area contributed by atoms with Crippen molar-refractivity contribution in [3.8, 4) is 16.2 Å². The lowest BCUT2D eigenvalue weighted by molar-refractivity contribution is -0.147. The number of esters is 1. The fourth-order valence-corrected chi connectivity index (χ4v) is 11.1. The van der Waals surface area contributed by atoms with E-state index in [1.807, 2.05) is 29.2 Å². The highest BCUT2D eigenvalue weighted by Gasteiger charge is 2.53. The molecule has 1 aliphatic heterocycles. The van der Waals surface area contributed by atoms with Gasteiger partial charge in [0.05, 0.1) is 25.0 Å². The summed E-state index contributed by atoms with van der Waals surface area (Å²) >= 11 is 8.98. The molecule has 52 heavy (non-hydrogen) atoms. The summed E-state index contributed by atoms with van der Waals surface area (Å²) in [5.74, 6) is 2.11. The quantitative estimate of drug-likeness (QED) is 0.0868. The number of hydrogen-bond donors (Lipinski definition) is 2. The first-order chi connectivity index (χ1) is 24.8. The molecule has 0 radical (unpaired) electrons. The van der Waals surface area contributed by atoms with Crippen molar-refractivity contribution in [2.24, 2.45) is 29.4 Å². The van der Waals surface area contributed by atoms with Crippen LogP contribution in [0.1, 0.15) is 89.0 Å². The van der Waals surface area contributed by atoms with Crippen LogP contribution in [0.15, 0.2) is 35.2 Å². The zero-order valence-electron chi connectivity index (χ0n) is 30.3. The van der Waals surface area contributed by atoms with Crippen LogP contribution < -0.4 is 15.8 Å². The highest BCUT2D eigenvalue weighted by Crippen LogP contribution is 2.56. The Bertz CT molecular complexity index is 1700. The summed E-state index contributed by atoms with van der Waals surface area (Å²) in [4.78, 5) is 55.3. The number of amides is 3. The lowest BCUT2D eigenvalue weighted by Gasteiger charge is -2.56. The largest absolute Gasteiger partial charge is 0.497 e. The Morgan fingerprint density at radius 2 is 1.77 bits per heavy atom. The number of thioether (sulfide) groups is 1. The number of rotatable bonds is 14. The molecule has 2 heterocycles. The van der Waals surface area contributed by atoms with Crippen molar-refractivity contribution in [2.45, 2.75) is 103 Å². The van der Waals surface area contributed by atoms with Gasteiger partial charge in [0.25, 0.3) is 5.91 Å². The van der Waals surface area contributed by atoms with Crippen LogP contribution in [0.4, 0.5) is 4.79 Å². The summed E-state index contributed by atoms with van der Waals surface area (Å²) in [5, 5.41) is 2.39. The van der Waals surface area contributed by atoms with E-state index in [9.17, 15) is 19.2 Å². The Balaban J connectivity index is 1.10. The zero-order chi connectivity index (χ0) is 37.2. The lowest BCUT2D eigenvalue weighted by Crippen LogP contribution is -2.57. The van der Waals surface area contributed by atoms with Crippen molar-refractivity contribution < 1.29 is 33.4 Å². The molecule has 1 saturated heterocycles. The summed E-state index contributed by atoms with van der Waals surface area (Å²) in [7, 11) is 1.66. The van der Waals surface area contributed by atoms with Gasteiger partial charge in [-0.25, -0.2) is 9.59 Å². The number of nitrogens with one attached hydrogen (secondary N) is 1. The fourth-order valence-electron chi connectivity index (χ4n) is 8.56. The molecule has 1 aromatic carbocycles. The predicted molar refractivity (Wildman–Crippen MR) is 208 cm³/mol. The lowest BCUT2D eigenvalue weighted by atomic mass is 9.54. The van der Waals surface area contributed by atoms with Crippen LogP contribution in [0.5, 0.6) is 5.75 Å². The Morgan fingerprint density at radius 1 is 1.06 bits per heavy atom. The second kappa shape index (κ2) is 16.3. The Hall–Kier alpha value is -3.42. The molecule has 1 atom stereocenters. The van der Waals surface area contributed by atoms with Gasteiger partial charge in [-0.05, 0) is 138 Å². The maximum atomic E-state index is 14.1. The van der Waals surface area contributed by atoms with Crippen LogP contribution in [0, 0.1) is 23.7 Å². The van der Waals surface area contributed by atoms with Gasteiger partial charge in [0.15, 0.2) is 0 Å². The second-order valence-electron chi connectivity index (χ2n) is 15.6. The number of thiocarbonyl (C=S) groups is 1. The number of nitrogens with zero attached hydrogens (tertiary/aromatic N) is 1. The van der Waals surface area contributed by atoms with Crippen LogP contribution in [-0.4, -0.2) is 64.5 Å². The minimum Gasteiger partial charge on any atom is -0.497 e. The van der Waals surface area contributed by atoms with Crippen molar-refractivity contribution in [3.63, 3.8) is 0 Å². The third-order valence-electron chi connectivity index (χ3n) is 10.5. The van der Waals surface area contributed by atoms with Crippen molar-refractivity contribution in [1.82, 2.24) is 10.2 Å². The summed E-state index contributed by atoms with van der Waals surface area (Å²) in [6.07, 6.45) is 10.0. The van der Waals surface area contributed by atoms with E-state index in [1.165, 1.54) is 43.9 Å². The van der Waals surface area contributed by atoms with E-state index >= 15 is 0 Å². The maximum Gasteiger partial charge on any atom is 0.408 e. The highest BCUT2D eigenvalue weighted by molar-refractivity contribution is 8.26. The van der Waals surface area contributed by atoms with Gasteiger partial charge in [0.2, 0.25) is 5.91 Å². The van der Waals surface area contributed by atoms with E-state index in [-0.39, 0.29) is 18.6 Å². The number of nitrogens with two attached hydrogens (primary N) is 1. The van der Waals surface area contributed by atoms with Crippen molar-refractivity contribution in [3.05, 3.63) is 45.7 Å². The highest BCUT2D eigenvalue weighted by atomic mass is 32.2. The minimum atomic E-state index is -1.23. The summed E-state index contributed by atoms with van der Waals surface area (Å²) in [5.41, 5.74) is 6.72. The number of primary amides is 1. The summed E-state index contributed by atoms with van der Waals surface area (Å²) in [6.45, 7) is 5.22. The first kappa shape index (κ1) is 38.3. The van der Waals surface area contributed by atoms with Gasteiger partial charge < -0.3 is 25.3 Å². The van der Waals surface area contributed by atoms with Crippen LogP contribution in [0.3, 0.4) is 0 Å². The van der Waals surface area contributed by atoms with Gasteiger partial charge in [-0.1, -0.05) is 36.1 Å². The molecule has 4 saturated carbocycles. The predicted octanol–water partition coefficient (Wildman–Crippen LogP) is 7.47. The number of aryl methyl sites for hydroxylation is 1. The van der Waals surface area contributed by atoms with Crippen LogP contribution in [0.2, 0.25) is 0 Å². The van der Waals surface area contributed by atoms with E-state index in [0.29, 0.717) is 27.5 Å². The summed E-state index contributed by atoms with van der Waals surface area (Å²) < 4.78 is 16.8. The molecular weight excluding hydrogens is 719 g/mol. The number of hydrogen-bond acceptors (Lipinski definition) is 10. The van der Waals surface area contributed by atoms with Gasteiger partial charge in [-0.15, -0.1) is 11.3 Å². The Morgan fingerprint density at radius 3 is 2.42 bits per heavy atom. The van der Waals surface area contributed by atoms with E-state index in [0.717, 1.165) is 57.7 Å². The van der Waals surface area contributed by atoms with Gasteiger partial charge in [0, 0.05) is 15.8 Å². The van der Waals surface area contributed by atoms with Gasteiger partial charge >= 0.3 is 12.1 Å². The van der Waals surface area contributed by atoms with Crippen molar-refractivity contribution >= 4 is 69.6 Å². The second-order valence-corrected chi connectivity index (χ2v) is 18.3. The molecular formula is C39H49N3O7S3. The molecule has 5 aliphatic rings. The Labute approximate surface area is 319 Å². The van der Waals surface area contributed by atoms with Gasteiger partial charge in [-0.2, -0.15) is 0 Å². The fraction of sp³-hybridized carbons (Fsp3) is 0.564. The van der Waals surface area contributed by atoms with E-state index in [4.69, 9.17) is 32.2 Å². The SMILES string of the molecule is COc1cccc(-c2cc(CCCCCOC(=O)[C@H](CC(N)=O)NC(=O)OC(C)(C)C)c(/C=C3\SC(=S)N(C4C5CC6CC(C5)CC4C6)C3=O)s2)c1. The standard InChI is InChI=1S/C39H49N3O7S3/c1-39(2,3)49-37(46)41-29(20-33(40)43)36(45)48-12-7-5-6-9-25-19-30(24-10-8-11-28(18-24)47-4)51-31(25)21-32-35(44)42(38(50)52-32)34-26-14-22-13-23(16-26)17-27(34)15-22/h8,10-11,18-19,21-23,26-27,29,34H,5-7,9,12-17,20H2,1-4H3,(H2,40,43)(H,41,46)/b32-21-/t22?,23?,26?,27?,29-,34?/m0/s1. The summed E-state index contributed by atoms with van der Waals surface area (Å²) in [6, 6.07) is 9.17. The number of alkyl carbamates (subject to hydrolysis) is 1. The molecule has 4 aliphatic carbocycles. The topological polar surface area (TPSA) is 137 Å². The molecule has 10 nitrogen and oxygen atoms in total. The molecule has 3 amide bonds. The number of thiophene rings is 1. The first-order valence-electron chi connectivity index (χ1n) is 18.3. The molecule has 280 valence electrons. The Kier molecular flexibility index (Phi) is 12.0. The zero-order valence-corrected chi connectivity index (χ0v) is 32.8.